The van der Waals surface area contributed by atoms with Gasteiger partial charge in [-0.1, -0.05) is 0 Å². The maximum absolute atomic E-state index is 12.8. The molecule has 0 spiro atoms. The fourth-order valence-electron chi connectivity index (χ4n) is 3.61. The van der Waals surface area contributed by atoms with Crippen LogP contribution in [-0.4, -0.2) is 27.4 Å². The summed E-state index contributed by atoms with van der Waals surface area (Å²) >= 11 is 4.90. The number of fused-ring (bicyclic) bond motifs is 1. The van der Waals surface area contributed by atoms with Crippen molar-refractivity contribution in [2.45, 2.75) is 46.0 Å². The summed E-state index contributed by atoms with van der Waals surface area (Å²) in [6.07, 6.45) is 3.17. The number of carbonyl (C=O) groups is 1. The largest absolute Gasteiger partial charge is 0.351 e. The van der Waals surface area contributed by atoms with Gasteiger partial charge in [0.25, 0.3) is 5.91 Å². The van der Waals surface area contributed by atoms with E-state index in [0.717, 1.165) is 49.3 Å². The van der Waals surface area contributed by atoms with Gasteiger partial charge >= 0.3 is 0 Å². The molecule has 0 aliphatic heterocycles. The molecule has 0 saturated heterocycles. The van der Waals surface area contributed by atoms with Crippen molar-refractivity contribution < 1.29 is 4.79 Å². The predicted octanol–water partition coefficient (Wildman–Crippen LogP) is 5.65. The van der Waals surface area contributed by atoms with Gasteiger partial charge in [-0.25, -0.2) is 15.0 Å². The average molecular weight is 455 g/mol. The van der Waals surface area contributed by atoms with Crippen molar-refractivity contribution in [3.05, 3.63) is 49.4 Å². The predicted molar refractivity (Wildman–Crippen MR) is 125 cm³/mol. The Morgan fingerprint density at radius 2 is 1.97 bits per heavy atom. The van der Waals surface area contributed by atoms with Crippen molar-refractivity contribution >= 4 is 50.1 Å². The molecule has 0 atom stereocenters. The first-order valence-corrected chi connectivity index (χ1v) is 12.6. The van der Waals surface area contributed by atoms with Gasteiger partial charge in [0, 0.05) is 28.1 Å². The van der Waals surface area contributed by atoms with Gasteiger partial charge in [-0.2, -0.15) is 0 Å². The molecule has 4 heterocycles. The van der Waals surface area contributed by atoms with Crippen LogP contribution in [0.4, 0.5) is 0 Å². The molecule has 1 aliphatic carbocycles. The lowest BCUT2D eigenvalue weighted by atomic mass is 10.1. The molecule has 0 unspecified atom stereocenters. The van der Waals surface area contributed by atoms with Crippen LogP contribution in [0.1, 0.15) is 55.4 Å². The van der Waals surface area contributed by atoms with E-state index < -0.39 is 0 Å². The highest BCUT2D eigenvalue weighted by Crippen LogP contribution is 2.40. The first-order chi connectivity index (χ1) is 14.5. The van der Waals surface area contributed by atoms with E-state index in [1.807, 2.05) is 20.8 Å². The highest BCUT2D eigenvalue weighted by molar-refractivity contribution is 7.20. The molecule has 1 fully saturated rings. The van der Waals surface area contributed by atoms with Gasteiger partial charge in [-0.15, -0.1) is 34.0 Å². The maximum atomic E-state index is 12.8. The SMILES string of the molecule is Cc1nc(-c2ccc(CCNC(=O)c3sc4nc(C5CC5)nc(C)c4c3C)s2)cs1. The lowest BCUT2D eigenvalue weighted by Crippen LogP contribution is -2.25. The van der Waals surface area contributed by atoms with Crippen molar-refractivity contribution in [2.24, 2.45) is 0 Å². The van der Waals surface area contributed by atoms with Gasteiger partial charge in [-0.3, -0.25) is 4.79 Å². The third-order valence-electron chi connectivity index (χ3n) is 5.33. The van der Waals surface area contributed by atoms with Gasteiger partial charge in [0.05, 0.1) is 26.1 Å². The Morgan fingerprint density at radius 3 is 2.70 bits per heavy atom. The molecule has 0 radical (unpaired) electrons. The fourth-order valence-corrected chi connectivity index (χ4v) is 6.42. The number of nitrogens with one attached hydrogen (secondary N) is 1. The van der Waals surface area contributed by atoms with Crippen LogP contribution >= 0.6 is 34.0 Å². The lowest BCUT2D eigenvalue weighted by molar-refractivity contribution is 0.0958. The average Bonchev–Trinajstić information content (AvgIpc) is 3.14. The Morgan fingerprint density at radius 1 is 1.13 bits per heavy atom. The molecular formula is C22H22N4OS3. The molecule has 5 nitrogen and oxygen atoms in total. The number of carbonyl (C=O) groups excluding carboxylic acids is 1. The van der Waals surface area contributed by atoms with E-state index in [1.54, 1.807) is 22.7 Å². The van der Waals surface area contributed by atoms with Crippen LogP contribution in [0.2, 0.25) is 0 Å². The number of amides is 1. The van der Waals surface area contributed by atoms with Crippen molar-refractivity contribution in [2.75, 3.05) is 6.54 Å². The summed E-state index contributed by atoms with van der Waals surface area (Å²) in [6.45, 7) is 6.66. The van der Waals surface area contributed by atoms with Crippen molar-refractivity contribution in [1.82, 2.24) is 20.3 Å². The second-order valence-electron chi connectivity index (χ2n) is 7.70. The number of hydrogen-bond donors (Lipinski definition) is 1. The third kappa shape index (κ3) is 3.79. The highest BCUT2D eigenvalue weighted by atomic mass is 32.1. The summed E-state index contributed by atoms with van der Waals surface area (Å²) in [6, 6.07) is 4.25. The first kappa shape index (κ1) is 19.8. The number of thiophene rings is 2. The van der Waals surface area contributed by atoms with E-state index in [2.05, 4.69) is 32.8 Å². The smallest absolute Gasteiger partial charge is 0.261 e. The minimum Gasteiger partial charge on any atom is -0.351 e. The van der Waals surface area contributed by atoms with Crippen molar-refractivity contribution in [3.8, 4) is 10.6 Å². The number of nitrogens with zero attached hydrogens (tertiary/aromatic N) is 3. The summed E-state index contributed by atoms with van der Waals surface area (Å²) in [7, 11) is 0. The molecule has 8 heteroatoms. The Kier molecular flexibility index (Phi) is 5.16. The number of thiazole rings is 1. The molecular weight excluding hydrogens is 432 g/mol. The standard InChI is InChI=1S/C22H22N4OS3/c1-11-18-12(2)24-20(14-4-5-14)26-22(18)30-19(11)21(27)23-9-8-15-6-7-17(29-15)16-10-28-13(3)25-16/h6-7,10,14H,4-5,8-9H2,1-3H3,(H,23,27). The van der Waals surface area contributed by atoms with E-state index in [4.69, 9.17) is 4.98 Å². The van der Waals surface area contributed by atoms with Crippen molar-refractivity contribution in [3.63, 3.8) is 0 Å². The molecule has 1 N–H and O–H groups in total. The minimum absolute atomic E-state index is 0.0187. The molecule has 0 aromatic carbocycles. The van der Waals surface area contributed by atoms with Crippen molar-refractivity contribution in [1.29, 1.82) is 0 Å². The lowest BCUT2D eigenvalue weighted by Gasteiger charge is -2.04. The van der Waals surface area contributed by atoms with E-state index >= 15 is 0 Å². The van der Waals surface area contributed by atoms with Crippen LogP contribution in [0, 0.1) is 20.8 Å². The van der Waals surface area contributed by atoms with Crippen LogP contribution < -0.4 is 5.32 Å². The topological polar surface area (TPSA) is 67.8 Å². The Balaban J connectivity index is 1.27. The van der Waals surface area contributed by atoms with E-state index in [-0.39, 0.29) is 5.91 Å². The molecule has 0 bridgehead atoms. The molecule has 4 aromatic rings. The summed E-state index contributed by atoms with van der Waals surface area (Å²) in [4.78, 5) is 30.9. The first-order valence-electron chi connectivity index (χ1n) is 10.1. The number of aromatic nitrogens is 3. The van der Waals surface area contributed by atoms with Gasteiger partial charge in [-0.05, 0) is 57.7 Å². The molecule has 30 heavy (non-hydrogen) atoms. The molecule has 5 rings (SSSR count). The zero-order chi connectivity index (χ0) is 20.8. The third-order valence-corrected chi connectivity index (χ3v) is 8.45. The Bertz CT molecular complexity index is 1250. The zero-order valence-electron chi connectivity index (χ0n) is 17.1. The number of aryl methyl sites for hydroxylation is 3. The summed E-state index contributed by atoms with van der Waals surface area (Å²) in [5, 5.41) is 7.30. The summed E-state index contributed by atoms with van der Waals surface area (Å²) in [5.74, 6) is 1.43. The molecule has 154 valence electrons. The minimum atomic E-state index is -0.0187. The van der Waals surface area contributed by atoms with Crippen LogP contribution in [0.25, 0.3) is 20.8 Å². The van der Waals surface area contributed by atoms with Gasteiger partial charge in [0.15, 0.2) is 0 Å². The quantitative estimate of drug-likeness (QED) is 0.409. The van der Waals surface area contributed by atoms with Crippen LogP contribution in [-0.2, 0) is 6.42 Å². The van der Waals surface area contributed by atoms with Gasteiger partial charge in [0.1, 0.15) is 10.7 Å². The second kappa shape index (κ2) is 7.83. The number of hydrogen-bond acceptors (Lipinski definition) is 7. The molecule has 4 aromatic heterocycles. The van der Waals surface area contributed by atoms with E-state index in [0.29, 0.717) is 12.5 Å². The van der Waals surface area contributed by atoms with Gasteiger partial charge < -0.3 is 5.32 Å². The monoisotopic (exact) mass is 454 g/mol. The summed E-state index contributed by atoms with van der Waals surface area (Å²) < 4.78 is 0. The highest BCUT2D eigenvalue weighted by Gasteiger charge is 2.28. The summed E-state index contributed by atoms with van der Waals surface area (Å²) in [5.41, 5.74) is 3.02. The maximum Gasteiger partial charge on any atom is 0.261 e. The normalized spacial score (nSPS) is 13.8. The molecule has 1 saturated carbocycles. The molecule has 1 aliphatic rings. The Hall–Kier alpha value is -2.16. The van der Waals surface area contributed by atoms with Crippen LogP contribution in [0.3, 0.4) is 0 Å². The second-order valence-corrected chi connectivity index (χ2v) is 10.9. The van der Waals surface area contributed by atoms with Crippen LogP contribution in [0.5, 0.6) is 0 Å². The zero-order valence-corrected chi connectivity index (χ0v) is 19.6. The van der Waals surface area contributed by atoms with E-state index in [1.165, 1.54) is 33.9 Å². The van der Waals surface area contributed by atoms with Crippen LogP contribution in [0.15, 0.2) is 17.5 Å². The fraction of sp³-hybridized carbons (Fsp3) is 0.364. The Labute approximate surface area is 187 Å². The van der Waals surface area contributed by atoms with Gasteiger partial charge in [0.2, 0.25) is 0 Å². The van der Waals surface area contributed by atoms with E-state index in [9.17, 15) is 4.79 Å². The number of rotatable bonds is 6. The molecule has 1 amide bonds.